The second-order valence-electron chi connectivity index (χ2n) is 14.8. The molecule has 0 aromatic carbocycles. The smallest absolute Gasteiger partial charge is 0.335 e. The number of hydrogen-bond donors (Lipinski definition) is 4. The molecular formula is C34H51N5O8. The molecule has 0 aromatic rings. The molecule has 13 heteroatoms. The number of ether oxygens (including phenoxy) is 3. The zero-order chi connectivity index (χ0) is 33.6. The Morgan fingerprint density at radius 3 is 2.55 bits per heavy atom. The van der Waals surface area contributed by atoms with Gasteiger partial charge in [0, 0.05) is 36.8 Å². The number of aliphatic hydroxyl groups excluding tert-OH is 2. The summed E-state index contributed by atoms with van der Waals surface area (Å²) in [5.74, 6) is -0.235. The van der Waals surface area contributed by atoms with Gasteiger partial charge in [-0.3, -0.25) is 14.6 Å². The minimum atomic E-state index is -0.778. The van der Waals surface area contributed by atoms with Crippen LogP contribution in [0.1, 0.15) is 59.8 Å². The molecule has 0 radical (unpaired) electrons. The first-order valence-corrected chi connectivity index (χ1v) is 17.2. The molecule has 4 fully saturated rings. The van der Waals surface area contributed by atoms with Gasteiger partial charge in [-0.25, -0.2) is 9.79 Å². The number of nitrogens with zero attached hydrogens (tertiary/aromatic N) is 3. The van der Waals surface area contributed by atoms with Crippen LogP contribution in [0.3, 0.4) is 0 Å². The van der Waals surface area contributed by atoms with Crippen molar-refractivity contribution in [3.63, 3.8) is 0 Å². The van der Waals surface area contributed by atoms with E-state index in [-0.39, 0.29) is 54.6 Å². The SMILES string of the molecule is CC(NC(CC1C2(CO2)C(NC(C)C(=O)N2CCOCC2)CC2[C@]1(C)CC[C@@H](O)[C@@]2(C)CO)C1=CCOC1=O)C(=O)CC1=NCC=N1. The number of nitrogens with one attached hydrogen (secondary N) is 2. The summed E-state index contributed by atoms with van der Waals surface area (Å²) in [6.07, 6.45) is 5.20. The molecule has 4 aliphatic heterocycles. The summed E-state index contributed by atoms with van der Waals surface area (Å²) in [7, 11) is 0. The zero-order valence-corrected chi connectivity index (χ0v) is 28.1. The van der Waals surface area contributed by atoms with Crippen LogP contribution in [0.5, 0.6) is 0 Å². The highest BCUT2D eigenvalue weighted by Crippen LogP contribution is 2.66. The fourth-order valence-electron chi connectivity index (χ4n) is 9.26. The van der Waals surface area contributed by atoms with Gasteiger partial charge in [0.1, 0.15) is 18.0 Å². The summed E-state index contributed by atoms with van der Waals surface area (Å²) < 4.78 is 17.3. The van der Waals surface area contributed by atoms with Crippen molar-refractivity contribution in [1.29, 1.82) is 0 Å². The first-order chi connectivity index (χ1) is 22.4. The Kier molecular flexibility index (Phi) is 9.78. The van der Waals surface area contributed by atoms with Crippen LogP contribution >= 0.6 is 0 Å². The predicted molar refractivity (Wildman–Crippen MR) is 173 cm³/mol. The summed E-state index contributed by atoms with van der Waals surface area (Å²) in [5, 5.41) is 29.2. The van der Waals surface area contributed by atoms with Crippen molar-refractivity contribution in [2.75, 3.05) is 52.7 Å². The number of cyclic esters (lactones) is 1. The number of epoxide rings is 1. The Balaban J connectivity index is 1.31. The Labute approximate surface area is 276 Å². The highest BCUT2D eigenvalue weighted by atomic mass is 16.6. The molecule has 6 aliphatic rings. The lowest BCUT2D eigenvalue weighted by Gasteiger charge is -2.63. The average molecular weight is 658 g/mol. The van der Waals surface area contributed by atoms with E-state index in [1.54, 1.807) is 19.2 Å². The maximum Gasteiger partial charge on any atom is 0.335 e. The quantitative estimate of drug-likeness (QED) is 0.170. The maximum absolute atomic E-state index is 13.5. The maximum atomic E-state index is 13.5. The first kappa shape index (κ1) is 34.3. The molecule has 47 heavy (non-hydrogen) atoms. The molecule has 0 aromatic heterocycles. The van der Waals surface area contributed by atoms with Gasteiger partial charge in [-0.2, -0.15) is 0 Å². The van der Waals surface area contributed by atoms with Crippen molar-refractivity contribution in [3.05, 3.63) is 11.6 Å². The van der Waals surface area contributed by atoms with Crippen molar-refractivity contribution >= 4 is 29.7 Å². The predicted octanol–water partition coefficient (Wildman–Crippen LogP) is 0.419. The van der Waals surface area contributed by atoms with E-state index >= 15 is 0 Å². The molecule has 2 saturated carbocycles. The van der Waals surface area contributed by atoms with Gasteiger partial charge in [-0.1, -0.05) is 13.8 Å². The van der Waals surface area contributed by atoms with Gasteiger partial charge in [0.25, 0.3) is 0 Å². The van der Waals surface area contributed by atoms with E-state index in [0.29, 0.717) is 76.5 Å². The minimum absolute atomic E-state index is 0.00419. The molecule has 10 atom stereocenters. The third kappa shape index (κ3) is 6.35. The number of carbonyl (C=O) groups excluding carboxylic acids is 3. The molecule has 260 valence electrons. The fraction of sp³-hybridized carbons (Fsp3) is 0.794. The van der Waals surface area contributed by atoms with Crippen LogP contribution in [-0.2, 0) is 28.6 Å². The Bertz CT molecular complexity index is 1330. The van der Waals surface area contributed by atoms with Crippen LogP contribution < -0.4 is 10.6 Å². The molecule has 7 unspecified atom stereocenters. The van der Waals surface area contributed by atoms with Crippen molar-refractivity contribution in [1.82, 2.24) is 15.5 Å². The number of Topliss-reactive ketones (excluding diaryl/α,β-unsaturated/α-hetero) is 1. The Morgan fingerprint density at radius 1 is 1.19 bits per heavy atom. The number of rotatable bonds is 12. The van der Waals surface area contributed by atoms with E-state index in [9.17, 15) is 24.6 Å². The van der Waals surface area contributed by atoms with E-state index in [4.69, 9.17) is 14.2 Å². The largest absolute Gasteiger partial charge is 0.458 e. The summed E-state index contributed by atoms with van der Waals surface area (Å²) in [5.41, 5.74) is -1.30. The number of esters is 1. The molecule has 0 bridgehead atoms. The zero-order valence-electron chi connectivity index (χ0n) is 28.1. The number of aliphatic imine (C=N–C) groups is 2. The molecule has 2 aliphatic carbocycles. The van der Waals surface area contributed by atoms with Gasteiger partial charge < -0.3 is 40.0 Å². The van der Waals surface area contributed by atoms with Crippen molar-refractivity contribution < 1.29 is 38.8 Å². The molecule has 6 rings (SSSR count). The number of amides is 1. The molecule has 4 N–H and O–H groups in total. The van der Waals surface area contributed by atoms with Crippen LogP contribution in [0, 0.1) is 22.7 Å². The van der Waals surface area contributed by atoms with Crippen molar-refractivity contribution in [2.45, 2.75) is 95.7 Å². The van der Waals surface area contributed by atoms with Crippen molar-refractivity contribution in [3.8, 4) is 0 Å². The van der Waals surface area contributed by atoms with E-state index in [2.05, 4.69) is 27.5 Å². The lowest BCUT2D eigenvalue weighted by atomic mass is 9.43. The molecule has 13 nitrogen and oxygen atoms in total. The molecular weight excluding hydrogens is 606 g/mol. The lowest BCUT2D eigenvalue weighted by molar-refractivity contribution is -0.185. The van der Waals surface area contributed by atoms with Gasteiger partial charge in [0.15, 0.2) is 5.78 Å². The Hall–Kier alpha value is -2.55. The van der Waals surface area contributed by atoms with Gasteiger partial charge in [0.2, 0.25) is 5.91 Å². The first-order valence-electron chi connectivity index (χ1n) is 17.2. The second-order valence-corrected chi connectivity index (χ2v) is 14.8. The van der Waals surface area contributed by atoms with E-state index < -0.39 is 41.2 Å². The summed E-state index contributed by atoms with van der Waals surface area (Å²) >= 11 is 0. The third-order valence-corrected chi connectivity index (χ3v) is 12.2. The summed E-state index contributed by atoms with van der Waals surface area (Å²) in [6, 6.07) is -1.84. The number of morpholine rings is 1. The van der Waals surface area contributed by atoms with Crippen LogP contribution in [0.4, 0.5) is 0 Å². The lowest BCUT2D eigenvalue weighted by Crippen LogP contribution is -2.68. The van der Waals surface area contributed by atoms with E-state index in [1.165, 1.54) is 0 Å². The number of fused-ring (bicyclic) bond motifs is 1. The van der Waals surface area contributed by atoms with Gasteiger partial charge in [-0.05, 0) is 62.9 Å². The monoisotopic (exact) mass is 657 g/mol. The van der Waals surface area contributed by atoms with E-state index in [1.807, 2.05) is 18.7 Å². The number of amidine groups is 1. The van der Waals surface area contributed by atoms with Crippen LogP contribution in [0.2, 0.25) is 0 Å². The summed E-state index contributed by atoms with van der Waals surface area (Å²) in [6.45, 7) is 10.9. The number of aliphatic hydroxyl groups is 2. The highest BCUT2D eigenvalue weighted by molar-refractivity contribution is 6.07. The molecule has 4 heterocycles. The third-order valence-electron chi connectivity index (χ3n) is 12.2. The number of ketones is 1. The highest BCUT2D eigenvalue weighted by Gasteiger charge is 2.71. The van der Waals surface area contributed by atoms with Gasteiger partial charge >= 0.3 is 5.97 Å². The topological polar surface area (TPSA) is 175 Å². The van der Waals surface area contributed by atoms with Crippen LogP contribution in [0.25, 0.3) is 0 Å². The Morgan fingerprint density at radius 2 is 1.94 bits per heavy atom. The second kappa shape index (κ2) is 13.4. The number of carbonyl (C=O) groups is 3. The van der Waals surface area contributed by atoms with Gasteiger partial charge in [-0.15, -0.1) is 0 Å². The van der Waals surface area contributed by atoms with Gasteiger partial charge in [0.05, 0.1) is 63.2 Å². The minimum Gasteiger partial charge on any atom is -0.458 e. The van der Waals surface area contributed by atoms with Crippen LogP contribution in [0.15, 0.2) is 21.6 Å². The molecule has 1 spiro atoms. The molecule has 1 amide bonds. The van der Waals surface area contributed by atoms with Crippen molar-refractivity contribution in [2.24, 2.45) is 32.7 Å². The molecule has 2 saturated heterocycles. The van der Waals surface area contributed by atoms with E-state index in [0.717, 1.165) is 0 Å². The summed E-state index contributed by atoms with van der Waals surface area (Å²) in [4.78, 5) is 50.2. The van der Waals surface area contributed by atoms with Crippen LogP contribution in [-0.4, -0.2) is 133 Å². The number of hydrogen-bond acceptors (Lipinski definition) is 12. The standard InChI is InChI=1S/C34H51N5O8/c1-20(24(41)16-29-35-8-9-36-29)37-23(22-6-12-46-31(22)44)15-26-32(3)7-5-28(42)33(4,18-40)25(32)17-27(34(26)19-47-34)38-21(2)30(43)39-10-13-45-14-11-39/h6,8,20-21,23,25-28,37-38,40,42H,5,7,9-19H2,1-4H3/t20?,21?,23?,25?,26?,27?,28-,32+,33+,34?/m1/s1. The fourth-order valence-corrected chi connectivity index (χ4v) is 9.26. The normalized spacial score (nSPS) is 38.3. The average Bonchev–Trinajstić information content (AvgIpc) is 3.44.